The number of nitriles is 1. The highest BCUT2D eigenvalue weighted by Gasteiger charge is 2.30. The molecule has 3 nitrogen and oxygen atoms in total. The topological polar surface area (TPSA) is 52.9 Å². The molecule has 6 heteroatoms. The van der Waals surface area contributed by atoms with Crippen LogP contribution in [0.4, 0.5) is 18.9 Å². The normalized spacial score (nSPS) is 12.0. The summed E-state index contributed by atoms with van der Waals surface area (Å²) in [7, 11) is 0. The van der Waals surface area contributed by atoms with Gasteiger partial charge >= 0.3 is 6.18 Å². The average Bonchev–Trinajstić information content (AvgIpc) is 2.59. The second-order valence-corrected chi connectivity index (χ2v) is 4.99. The van der Waals surface area contributed by atoms with Gasteiger partial charge in [0.2, 0.25) is 0 Å². The van der Waals surface area contributed by atoms with Gasteiger partial charge in [-0.25, -0.2) is 0 Å². The van der Waals surface area contributed by atoms with Crippen molar-refractivity contribution in [2.45, 2.75) is 6.18 Å². The first kappa shape index (κ1) is 18.0. The van der Waals surface area contributed by atoms with Crippen molar-refractivity contribution in [1.82, 2.24) is 0 Å². The Kier molecular flexibility index (Phi) is 5.75. The van der Waals surface area contributed by atoms with E-state index in [1.807, 2.05) is 30.3 Å². The zero-order valence-electron chi connectivity index (χ0n) is 12.9. The standard InChI is InChI=1S/C19H13F3N2O/c20-19(21,22)16-10-5-11-17(12-16)24-18(25)15(13-23)9-4-8-14-6-2-1-3-7-14/h1-12H,(H,24,25)/b8-4+,15-9+. The fourth-order valence-corrected chi connectivity index (χ4v) is 1.96. The van der Waals surface area contributed by atoms with Crippen LogP contribution in [0.3, 0.4) is 0 Å². The molecule has 0 saturated carbocycles. The van der Waals surface area contributed by atoms with Crippen molar-refractivity contribution >= 4 is 17.7 Å². The summed E-state index contributed by atoms with van der Waals surface area (Å²) in [6.45, 7) is 0. The molecule has 1 amide bonds. The van der Waals surface area contributed by atoms with Gasteiger partial charge in [-0.3, -0.25) is 4.79 Å². The molecule has 0 spiro atoms. The molecule has 126 valence electrons. The van der Waals surface area contributed by atoms with Gasteiger partial charge in [-0.1, -0.05) is 48.6 Å². The summed E-state index contributed by atoms with van der Waals surface area (Å²) in [6.07, 6.45) is 0.0253. The number of nitrogens with zero attached hydrogens (tertiary/aromatic N) is 1. The van der Waals surface area contributed by atoms with Crippen molar-refractivity contribution in [2.75, 3.05) is 5.32 Å². The fraction of sp³-hybridized carbons (Fsp3) is 0.0526. The van der Waals surface area contributed by atoms with Crippen molar-refractivity contribution in [3.8, 4) is 6.07 Å². The number of benzene rings is 2. The van der Waals surface area contributed by atoms with Crippen LogP contribution in [-0.4, -0.2) is 5.91 Å². The van der Waals surface area contributed by atoms with Gasteiger partial charge in [0.25, 0.3) is 5.91 Å². The number of alkyl halides is 3. The minimum atomic E-state index is -4.51. The molecule has 2 aromatic carbocycles. The monoisotopic (exact) mass is 342 g/mol. The number of anilines is 1. The summed E-state index contributed by atoms with van der Waals surface area (Å²) in [5, 5.41) is 11.4. The molecule has 0 aromatic heterocycles. The molecule has 0 unspecified atom stereocenters. The third-order valence-corrected chi connectivity index (χ3v) is 3.16. The summed E-state index contributed by atoms with van der Waals surface area (Å²) in [6, 6.07) is 15.2. The minimum Gasteiger partial charge on any atom is -0.321 e. The number of allylic oxidation sites excluding steroid dienone is 2. The van der Waals surface area contributed by atoms with E-state index >= 15 is 0 Å². The molecule has 0 heterocycles. The van der Waals surface area contributed by atoms with Gasteiger partial charge in [-0.05, 0) is 29.8 Å². The number of nitrogens with one attached hydrogen (secondary N) is 1. The van der Waals surface area contributed by atoms with Crippen LogP contribution in [0.2, 0.25) is 0 Å². The maximum atomic E-state index is 12.7. The lowest BCUT2D eigenvalue weighted by Crippen LogP contribution is -2.14. The molecule has 0 fully saturated rings. The van der Waals surface area contributed by atoms with Crippen LogP contribution in [0.5, 0.6) is 0 Å². The van der Waals surface area contributed by atoms with Crippen LogP contribution in [0.25, 0.3) is 6.08 Å². The van der Waals surface area contributed by atoms with Gasteiger partial charge in [0.15, 0.2) is 0 Å². The summed E-state index contributed by atoms with van der Waals surface area (Å²) < 4.78 is 38.0. The maximum Gasteiger partial charge on any atom is 0.416 e. The lowest BCUT2D eigenvalue weighted by molar-refractivity contribution is -0.137. The van der Waals surface area contributed by atoms with Gasteiger partial charge in [0, 0.05) is 5.69 Å². The second-order valence-electron chi connectivity index (χ2n) is 4.99. The average molecular weight is 342 g/mol. The van der Waals surface area contributed by atoms with Gasteiger partial charge in [-0.2, -0.15) is 18.4 Å². The molecule has 0 bridgehead atoms. The minimum absolute atomic E-state index is 0.0342. The van der Waals surface area contributed by atoms with Crippen LogP contribution >= 0.6 is 0 Å². The Hall–Kier alpha value is -3.33. The second kappa shape index (κ2) is 7.97. The SMILES string of the molecule is N#C/C(=C\C=C\c1ccccc1)C(=O)Nc1cccc(C(F)(F)F)c1. The van der Waals surface area contributed by atoms with Crippen molar-refractivity contribution in [3.05, 3.63) is 83.4 Å². The zero-order chi connectivity index (χ0) is 18.3. The van der Waals surface area contributed by atoms with Crippen molar-refractivity contribution in [1.29, 1.82) is 5.26 Å². The molecule has 0 aliphatic heterocycles. The first-order valence-corrected chi connectivity index (χ1v) is 7.22. The molecule has 0 atom stereocenters. The number of hydrogen-bond donors (Lipinski definition) is 1. The number of rotatable bonds is 4. The van der Waals surface area contributed by atoms with Gasteiger partial charge in [-0.15, -0.1) is 0 Å². The van der Waals surface area contributed by atoms with Crippen LogP contribution in [0.1, 0.15) is 11.1 Å². The number of hydrogen-bond acceptors (Lipinski definition) is 2. The molecule has 2 rings (SSSR count). The predicted molar refractivity (Wildman–Crippen MR) is 89.2 cm³/mol. The van der Waals surface area contributed by atoms with E-state index in [0.29, 0.717) is 0 Å². The van der Waals surface area contributed by atoms with E-state index in [-0.39, 0.29) is 11.3 Å². The van der Waals surface area contributed by atoms with E-state index in [0.717, 1.165) is 17.7 Å². The highest BCUT2D eigenvalue weighted by atomic mass is 19.4. The molecule has 0 aliphatic carbocycles. The molecular formula is C19H13F3N2O. The molecular weight excluding hydrogens is 329 g/mol. The molecule has 2 aromatic rings. The highest BCUT2D eigenvalue weighted by Crippen LogP contribution is 2.30. The van der Waals surface area contributed by atoms with E-state index in [9.17, 15) is 18.0 Å². The van der Waals surface area contributed by atoms with E-state index in [1.165, 1.54) is 24.3 Å². The Morgan fingerprint density at radius 3 is 2.44 bits per heavy atom. The maximum absolute atomic E-state index is 12.7. The van der Waals surface area contributed by atoms with E-state index in [2.05, 4.69) is 5.32 Å². The Morgan fingerprint density at radius 1 is 1.08 bits per heavy atom. The third-order valence-electron chi connectivity index (χ3n) is 3.16. The van der Waals surface area contributed by atoms with Crippen molar-refractivity contribution in [3.63, 3.8) is 0 Å². The number of carbonyl (C=O) groups excluding carboxylic acids is 1. The Balaban J connectivity index is 2.12. The van der Waals surface area contributed by atoms with Gasteiger partial charge in [0.1, 0.15) is 11.6 Å². The molecule has 1 N–H and O–H groups in total. The first-order valence-electron chi connectivity index (χ1n) is 7.22. The molecule has 0 aliphatic rings. The van der Waals surface area contributed by atoms with E-state index in [4.69, 9.17) is 5.26 Å². The number of carbonyl (C=O) groups is 1. The highest BCUT2D eigenvalue weighted by molar-refractivity contribution is 6.06. The Labute approximate surface area is 142 Å². The van der Waals surface area contributed by atoms with Crippen molar-refractivity contribution in [2.24, 2.45) is 0 Å². The zero-order valence-corrected chi connectivity index (χ0v) is 12.9. The summed E-state index contributed by atoms with van der Waals surface area (Å²) in [4.78, 5) is 12.0. The van der Waals surface area contributed by atoms with E-state index in [1.54, 1.807) is 12.1 Å². The van der Waals surface area contributed by atoms with Crippen LogP contribution in [-0.2, 0) is 11.0 Å². The number of amides is 1. The predicted octanol–water partition coefficient (Wildman–Crippen LogP) is 4.81. The van der Waals surface area contributed by atoms with Gasteiger partial charge < -0.3 is 5.32 Å². The van der Waals surface area contributed by atoms with Crippen LogP contribution < -0.4 is 5.32 Å². The largest absolute Gasteiger partial charge is 0.416 e. The van der Waals surface area contributed by atoms with E-state index < -0.39 is 17.6 Å². The lowest BCUT2D eigenvalue weighted by atomic mass is 10.1. The summed E-state index contributed by atoms with van der Waals surface area (Å²) >= 11 is 0. The quantitative estimate of drug-likeness (QED) is 0.493. The summed E-state index contributed by atoms with van der Waals surface area (Å²) in [5.41, 5.74) is -0.247. The van der Waals surface area contributed by atoms with Crippen LogP contribution in [0, 0.1) is 11.3 Å². The molecule has 0 radical (unpaired) electrons. The smallest absolute Gasteiger partial charge is 0.321 e. The summed E-state index contributed by atoms with van der Waals surface area (Å²) in [5.74, 6) is -0.778. The molecule has 0 saturated heterocycles. The van der Waals surface area contributed by atoms with Crippen LogP contribution in [0.15, 0.2) is 72.3 Å². The Bertz CT molecular complexity index is 847. The Morgan fingerprint density at radius 2 is 1.80 bits per heavy atom. The third kappa shape index (κ3) is 5.36. The number of halogens is 3. The van der Waals surface area contributed by atoms with Gasteiger partial charge in [0.05, 0.1) is 5.56 Å². The lowest BCUT2D eigenvalue weighted by Gasteiger charge is -2.09. The molecule has 25 heavy (non-hydrogen) atoms. The fourth-order valence-electron chi connectivity index (χ4n) is 1.96. The van der Waals surface area contributed by atoms with Crippen molar-refractivity contribution < 1.29 is 18.0 Å². The first-order chi connectivity index (χ1) is 11.9.